The number of hydrogen-bond acceptors (Lipinski definition) is 2. The van der Waals surface area contributed by atoms with Crippen LogP contribution in [0.1, 0.15) is 10.4 Å². The zero-order chi connectivity index (χ0) is 9.42. The number of fused-ring (bicyclic) bond motifs is 1. The average molecular weight is 241 g/mol. The standard InChI is InChI=1S/C8H5BrN2O2/c9-6-1-4-3-10-11-7(4)2-5(6)8(12)13/h1-3H,(H,10,11)(H,12,13). The predicted octanol–water partition coefficient (Wildman–Crippen LogP) is 2.02. The second kappa shape index (κ2) is 2.85. The van der Waals surface area contributed by atoms with Gasteiger partial charge in [-0.3, -0.25) is 5.10 Å². The Morgan fingerprint density at radius 3 is 3.00 bits per heavy atom. The van der Waals surface area contributed by atoms with Crippen LogP contribution in [0.25, 0.3) is 10.9 Å². The number of aromatic amines is 1. The average Bonchev–Trinajstić information content (AvgIpc) is 2.48. The molecule has 0 aliphatic rings. The minimum absolute atomic E-state index is 0.233. The van der Waals surface area contributed by atoms with E-state index in [0.717, 1.165) is 10.9 Å². The molecule has 2 aromatic rings. The highest BCUT2D eigenvalue weighted by Crippen LogP contribution is 2.22. The molecule has 2 rings (SSSR count). The molecule has 13 heavy (non-hydrogen) atoms. The zero-order valence-corrected chi connectivity index (χ0v) is 8.00. The Labute approximate surface area is 81.7 Å². The van der Waals surface area contributed by atoms with Crippen LogP contribution < -0.4 is 0 Å². The summed E-state index contributed by atoms with van der Waals surface area (Å²) in [6.45, 7) is 0. The molecule has 2 N–H and O–H groups in total. The predicted molar refractivity (Wildman–Crippen MR) is 50.8 cm³/mol. The van der Waals surface area contributed by atoms with Gasteiger partial charge in [0.05, 0.1) is 17.3 Å². The van der Waals surface area contributed by atoms with E-state index in [1.807, 2.05) is 0 Å². The fraction of sp³-hybridized carbons (Fsp3) is 0. The van der Waals surface area contributed by atoms with E-state index in [1.54, 1.807) is 18.3 Å². The first kappa shape index (κ1) is 8.25. The minimum Gasteiger partial charge on any atom is -0.478 e. The maximum atomic E-state index is 10.7. The summed E-state index contributed by atoms with van der Waals surface area (Å²) >= 11 is 3.18. The normalized spacial score (nSPS) is 10.5. The zero-order valence-electron chi connectivity index (χ0n) is 6.41. The van der Waals surface area contributed by atoms with Crippen LogP contribution in [0.3, 0.4) is 0 Å². The third-order valence-electron chi connectivity index (χ3n) is 1.76. The Bertz CT molecular complexity index is 478. The molecule has 4 nitrogen and oxygen atoms in total. The van der Waals surface area contributed by atoms with Gasteiger partial charge < -0.3 is 5.11 Å². The van der Waals surface area contributed by atoms with Gasteiger partial charge >= 0.3 is 5.97 Å². The van der Waals surface area contributed by atoms with Crippen molar-refractivity contribution in [3.63, 3.8) is 0 Å². The Morgan fingerprint density at radius 2 is 2.31 bits per heavy atom. The monoisotopic (exact) mass is 240 g/mol. The van der Waals surface area contributed by atoms with E-state index in [-0.39, 0.29) is 5.56 Å². The molecular formula is C8H5BrN2O2. The van der Waals surface area contributed by atoms with Crippen molar-refractivity contribution in [3.05, 3.63) is 28.4 Å². The maximum absolute atomic E-state index is 10.7. The van der Waals surface area contributed by atoms with Gasteiger partial charge in [-0.1, -0.05) is 0 Å². The van der Waals surface area contributed by atoms with Gasteiger partial charge in [0.25, 0.3) is 0 Å². The van der Waals surface area contributed by atoms with E-state index in [2.05, 4.69) is 26.1 Å². The van der Waals surface area contributed by atoms with E-state index in [4.69, 9.17) is 5.11 Å². The lowest BCUT2D eigenvalue weighted by Gasteiger charge is -1.97. The van der Waals surface area contributed by atoms with Gasteiger partial charge in [-0.15, -0.1) is 0 Å². The minimum atomic E-state index is -0.955. The highest BCUT2D eigenvalue weighted by Gasteiger charge is 2.09. The Kier molecular flexibility index (Phi) is 1.81. The summed E-state index contributed by atoms with van der Waals surface area (Å²) in [5, 5.41) is 16.2. The van der Waals surface area contributed by atoms with Crippen molar-refractivity contribution in [2.75, 3.05) is 0 Å². The Balaban J connectivity index is 2.76. The molecule has 0 atom stereocenters. The van der Waals surface area contributed by atoms with Crippen LogP contribution in [0.5, 0.6) is 0 Å². The molecule has 0 fully saturated rings. The molecule has 0 aliphatic heterocycles. The molecule has 0 radical (unpaired) electrons. The number of aromatic nitrogens is 2. The second-order valence-electron chi connectivity index (χ2n) is 2.59. The quantitative estimate of drug-likeness (QED) is 0.802. The lowest BCUT2D eigenvalue weighted by Crippen LogP contribution is -1.97. The second-order valence-corrected chi connectivity index (χ2v) is 3.45. The summed E-state index contributed by atoms with van der Waals surface area (Å²) in [4.78, 5) is 10.7. The van der Waals surface area contributed by atoms with Crippen LogP contribution in [-0.2, 0) is 0 Å². The van der Waals surface area contributed by atoms with Crippen molar-refractivity contribution < 1.29 is 9.90 Å². The number of carboxylic acids is 1. The maximum Gasteiger partial charge on any atom is 0.336 e. The molecule has 66 valence electrons. The van der Waals surface area contributed by atoms with Crippen LogP contribution in [0, 0.1) is 0 Å². The van der Waals surface area contributed by atoms with Crippen molar-refractivity contribution in [1.29, 1.82) is 0 Å². The number of nitrogens with one attached hydrogen (secondary N) is 1. The van der Waals surface area contributed by atoms with Crippen LogP contribution in [0.4, 0.5) is 0 Å². The summed E-state index contributed by atoms with van der Waals surface area (Å²) in [7, 11) is 0. The van der Waals surface area contributed by atoms with Crippen molar-refractivity contribution >= 4 is 32.8 Å². The summed E-state index contributed by atoms with van der Waals surface area (Å²) in [5.74, 6) is -0.955. The number of rotatable bonds is 1. The third kappa shape index (κ3) is 1.31. The number of aromatic carboxylic acids is 1. The van der Waals surface area contributed by atoms with Crippen LogP contribution in [-0.4, -0.2) is 21.3 Å². The first-order valence-corrected chi connectivity index (χ1v) is 4.33. The van der Waals surface area contributed by atoms with Crippen molar-refractivity contribution in [2.45, 2.75) is 0 Å². The largest absolute Gasteiger partial charge is 0.478 e. The lowest BCUT2D eigenvalue weighted by molar-refractivity contribution is 0.0696. The van der Waals surface area contributed by atoms with E-state index in [0.29, 0.717) is 4.47 Å². The molecule has 0 aliphatic carbocycles. The van der Waals surface area contributed by atoms with Gasteiger partial charge in [0.15, 0.2) is 0 Å². The molecule has 0 amide bonds. The van der Waals surface area contributed by atoms with Crippen molar-refractivity contribution in [3.8, 4) is 0 Å². The SMILES string of the molecule is O=C(O)c1cc2[nH]ncc2cc1Br. The molecule has 0 unspecified atom stereocenters. The first-order chi connectivity index (χ1) is 6.18. The fourth-order valence-corrected chi connectivity index (χ4v) is 1.66. The summed E-state index contributed by atoms with van der Waals surface area (Å²) in [6, 6.07) is 3.27. The van der Waals surface area contributed by atoms with E-state index >= 15 is 0 Å². The van der Waals surface area contributed by atoms with Crippen LogP contribution in [0.2, 0.25) is 0 Å². The summed E-state index contributed by atoms with van der Waals surface area (Å²) in [6.07, 6.45) is 1.64. The van der Waals surface area contributed by atoms with Gasteiger partial charge in [0.1, 0.15) is 0 Å². The molecular weight excluding hydrogens is 236 g/mol. The number of carboxylic acid groups (broad SMARTS) is 1. The molecule has 0 saturated heterocycles. The van der Waals surface area contributed by atoms with Gasteiger partial charge in [-0.05, 0) is 28.1 Å². The summed E-state index contributed by atoms with van der Waals surface area (Å²) in [5.41, 5.74) is 0.956. The van der Waals surface area contributed by atoms with Crippen molar-refractivity contribution in [2.24, 2.45) is 0 Å². The Morgan fingerprint density at radius 1 is 1.54 bits per heavy atom. The molecule has 5 heteroatoms. The van der Waals surface area contributed by atoms with Crippen LogP contribution >= 0.6 is 15.9 Å². The van der Waals surface area contributed by atoms with E-state index in [1.165, 1.54) is 0 Å². The lowest BCUT2D eigenvalue weighted by atomic mass is 10.2. The molecule has 0 saturated carbocycles. The number of nitrogens with zero attached hydrogens (tertiary/aromatic N) is 1. The highest BCUT2D eigenvalue weighted by molar-refractivity contribution is 9.10. The van der Waals surface area contributed by atoms with Crippen LogP contribution in [0.15, 0.2) is 22.8 Å². The Hall–Kier alpha value is -1.36. The molecule has 1 heterocycles. The topological polar surface area (TPSA) is 66.0 Å². The number of carbonyl (C=O) groups is 1. The first-order valence-electron chi connectivity index (χ1n) is 3.54. The number of halogens is 1. The van der Waals surface area contributed by atoms with E-state index in [9.17, 15) is 4.79 Å². The molecule has 0 bridgehead atoms. The smallest absolute Gasteiger partial charge is 0.336 e. The number of benzene rings is 1. The van der Waals surface area contributed by atoms with Crippen molar-refractivity contribution in [1.82, 2.24) is 10.2 Å². The van der Waals surface area contributed by atoms with Gasteiger partial charge in [-0.2, -0.15) is 5.10 Å². The summed E-state index contributed by atoms with van der Waals surface area (Å²) < 4.78 is 0.564. The highest BCUT2D eigenvalue weighted by atomic mass is 79.9. The fourth-order valence-electron chi connectivity index (χ4n) is 1.13. The van der Waals surface area contributed by atoms with Gasteiger partial charge in [0, 0.05) is 9.86 Å². The number of hydrogen-bond donors (Lipinski definition) is 2. The molecule has 1 aromatic carbocycles. The third-order valence-corrected chi connectivity index (χ3v) is 2.41. The van der Waals surface area contributed by atoms with E-state index < -0.39 is 5.97 Å². The van der Waals surface area contributed by atoms with Gasteiger partial charge in [0.2, 0.25) is 0 Å². The molecule has 0 spiro atoms. The number of H-pyrrole nitrogens is 1. The van der Waals surface area contributed by atoms with Gasteiger partial charge in [-0.25, -0.2) is 4.79 Å². The molecule has 1 aromatic heterocycles.